The minimum atomic E-state index is -0.493. The first-order valence-electron chi connectivity index (χ1n) is 10.6. The Morgan fingerprint density at radius 2 is 1.52 bits per heavy atom. The van der Waals surface area contributed by atoms with E-state index in [0.717, 1.165) is 25.7 Å². The smallest absolute Gasteiger partial charge is 0.332 e. The molecule has 158 valence electrons. The first-order chi connectivity index (χ1) is 13.9. The number of amides is 1. The molecule has 3 rings (SSSR count). The Morgan fingerprint density at radius 3 is 2.10 bits per heavy atom. The van der Waals surface area contributed by atoms with E-state index in [4.69, 9.17) is 0 Å². The van der Waals surface area contributed by atoms with E-state index in [-0.39, 0.29) is 34.6 Å². The molecule has 0 bridgehead atoms. The highest BCUT2D eigenvalue weighted by atomic mass is 16.2. The van der Waals surface area contributed by atoms with Crippen LogP contribution in [0.5, 0.6) is 0 Å². The normalized spacial score (nSPS) is 14.9. The molecule has 0 radical (unpaired) electrons. The molecule has 2 aromatic heterocycles. The van der Waals surface area contributed by atoms with Crippen LogP contribution in [0.2, 0.25) is 0 Å². The number of pyridine rings is 1. The van der Waals surface area contributed by atoms with Crippen LogP contribution in [0.15, 0.2) is 20.4 Å². The van der Waals surface area contributed by atoms with E-state index in [1.807, 2.05) is 13.8 Å². The Labute approximate surface area is 169 Å². The summed E-state index contributed by atoms with van der Waals surface area (Å²) in [4.78, 5) is 54.0. The van der Waals surface area contributed by atoms with Gasteiger partial charge in [-0.05, 0) is 25.7 Å². The highest BCUT2D eigenvalue weighted by molar-refractivity contribution is 6.05. The molecular weight excluding hydrogens is 372 g/mol. The molecule has 0 aliphatic carbocycles. The summed E-state index contributed by atoms with van der Waals surface area (Å²) in [7, 11) is 1.56. The number of hydrogen-bond donors (Lipinski definition) is 0. The van der Waals surface area contributed by atoms with Crippen molar-refractivity contribution in [2.24, 2.45) is 7.05 Å². The number of hydrogen-bond acceptors (Lipinski definition) is 4. The molecule has 8 heteroatoms. The van der Waals surface area contributed by atoms with Crippen molar-refractivity contribution in [1.29, 1.82) is 0 Å². The van der Waals surface area contributed by atoms with Crippen molar-refractivity contribution >= 4 is 16.9 Å². The molecular formula is C21H30N4O4. The van der Waals surface area contributed by atoms with Crippen LogP contribution in [0, 0.1) is 0 Å². The van der Waals surface area contributed by atoms with E-state index >= 15 is 0 Å². The second-order valence-electron chi connectivity index (χ2n) is 7.75. The Hall–Kier alpha value is -2.64. The van der Waals surface area contributed by atoms with Gasteiger partial charge in [-0.1, -0.05) is 26.7 Å². The maximum atomic E-state index is 13.3. The Bertz CT molecular complexity index is 1090. The highest BCUT2D eigenvalue weighted by Crippen LogP contribution is 2.18. The largest absolute Gasteiger partial charge is 0.339 e. The van der Waals surface area contributed by atoms with Crippen LogP contribution in [0.4, 0.5) is 0 Å². The average Bonchev–Trinajstić information content (AvgIpc) is 2.99. The molecule has 2 aromatic rings. The minimum absolute atomic E-state index is 0.115. The number of nitrogens with zero attached hydrogens (tertiary/aromatic N) is 4. The van der Waals surface area contributed by atoms with Gasteiger partial charge < -0.3 is 4.90 Å². The molecule has 29 heavy (non-hydrogen) atoms. The topological polar surface area (TPSA) is 86.3 Å². The van der Waals surface area contributed by atoms with E-state index in [9.17, 15) is 19.2 Å². The first-order valence-corrected chi connectivity index (χ1v) is 10.6. The van der Waals surface area contributed by atoms with E-state index < -0.39 is 11.2 Å². The summed E-state index contributed by atoms with van der Waals surface area (Å²) in [5.74, 6) is -0.295. The first kappa shape index (κ1) is 21.1. The molecule has 0 aromatic carbocycles. The molecule has 0 saturated carbocycles. The summed E-state index contributed by atoms with van der Waals surface area (Å²) >= 11 is 0. The van der Waals surface area contributed by atoms with E-state index in [0.29, 0.717) is 32.5 Å². The Balaban J connectivity index is 2.37. The third kappa shape index (κ3) is 3.80. The summed E-state index contributed by atoms with van der Waals surface area (Å²) in [5, 5.41) is 0.169. The molecule has 0 N–H and O–H groups in total. The zero-order valence-corrected chi connectivity index (χ0v) is 17.6. The summed E-state index contributed by atoms with van der Waals surface area (Å²) in [5.41, 5.74) is -0.967. The lowest BCUT2D eigenvalue weighted by molar-refractivity contribution is 0.0763. The van der Waals surface area contributed by atoms with Crippen molar-refractivity contribution in [3.63, 3.8) is 0 Å². The second-order valence-corrected chi connectivity index (χ2v) is 7.75. The lowest BCUT2D eigenvalue weighted by Crippen LogP contribution is -2.43. The Morgan fingerprint density at radius 1 is 0.931 bits per heavy atom. The van der Waals surface area contributed by atoms with Gasteiger partial charge in [-0.3, -0.25) is 28.1 Å². The summed E-state index contributed by atoms with van der Waals surface area (Å²) in [6.07, 6.45) is 5.25. The average molecular weight is 402 g/mol. The SMILES string of the molecule is CCCn1c(=O)c2c(C(=O)N3CCCCCC3)cc(=O)n(CCC)c2n(C)c1=O. The van der Waals surface area contributed by atoms with Gasteiger partial charge in [-0.25, -0.2) is 4.79 Å². The molecule has 1 aliphatic rings. The minimum Gasteiger partial charge on any atom is -0.339 e. The number of aromatic nitrogens is 3. The number of rotatable bonds is 5. The van der Waals surface area contributed by atoms with Gasteiger partial charge in [0.05, 0.1) is 10.9 Å². The van der Waals surface area contributed by atoms with Crippen LogP contribution < -0.4 is 16.8 Å². The van der Waals surface area contributed by atoms with Gasteiger partial charge in [0.2, 0.25) is 0 Å². The van der Waals surface area contributed by atoms with Crippen molar-refractivity contribution in [3.05, 3.63) is 42.8 Å². The van der Waals surface area contributed by atoms with Crippen LogP contribution in [-0.2, 0) is 20.1 Å². The van der Waals surface area contributed by atoms with Gasteiger partial charge >= 0.3 is 5.69 Å². The third-order valence-corrected chi connectivity index (χ3v) is 5.60. The molecule has 1 aliphatic heterocycles. The highest BCUT2D eigenvalue weighted by Gasteiger charge is 2.25. The molecule has 0 spiro atoms. The fourth-order valence-corrected chi connectivity index (χ4v) is 4.16. The number of likely N-dealkylation sites (tertiary alicyclic amines) is 1. The van der Waals surface area contributed by atoms with Crippen molar-refractivity contribution in [1.82, 2.24) is 18.6 Å². The van der Waals surface area contributed by atoms with Crippen molar-refractivity contribution in [2.45, 2.75) is 65.5 Å². The van der Waals surface area contributed by atoms with Crippen LogP contribution >= 0.6 is 0 Å². The van der Waals surface area contributed by atoms with Gasteiger partial charge in [-0.2, -0.15) is 0 Å². The third-order valence-electron chi connectivity index (χ3n) is 5.60. The second kappa shape index (κ2) is 8.80. The zero-order valence-electron chi connectivity index (χ0n) is 17.6. The summed E-state index contributed by atoms with van der Waals surface area (Å²) in [6.45, 7) is 5.69. The molecule has 8 nitrogen and oxygen atoms in total. The lowest BCUT2D eigenvalue weighted by Gasteiger charge is -2.22. The fraction of sp³-hybridized carbons (Fsp3) is 0.619. The summed E-state index contributed by atoms with van der Waals surface area (Å²) in [6, 6.07) is 1.29. The number of carbonyl (C=O) groups excluding carboxylic acids is 1. The van der Waals surface area contributed by atoms with Gasteiger partial charge in [-0.15, -0.1) is 0 Å². The quantitative estimate of drug-likeness (QED) is 0.762. The monoisotopic (exact) mass is 402 g/mol. The maximum Gasteiger partial charge on any atom is 0.332 e. The van der Waals surface area contributed by atoms with Crippen molar-refractivity contribution in [2.75, 3.05) is 13.1 Å². The van der Waals surface area contributed by atoms with Gasteiger partial charge in [0.25, 0.3) is 17.0 Å². The van der Waals surface area contributed by atoms with Gasteiger partial charge in [0, 0.05) is 39.3 Å². The predicted octanol–water partition coefficient (Wildman–Crippen LogP) is 1.70. The maximum absolute atomic E-state index is 13.3. The van der Waals surface area contributed by atoms with Crippen LogP contribution in [0.1, 0.15) is 62.7 Å². The standard InChI is InChI=1S/C21H30N4O4/c1-4-10-24-16(26)14-15(19(27)23-12-8-6-7-9-13-23)17-18(24)22(3)21(29)25(11-5-2)20(17)28/h14H,4-13H2,1-3H3. The number of aryl methyl sites for hydroxylation is 2. The molecule has 0 unspecified atom stereocenters. The Kier molecular flexibility index (Phi) is 6.39. The molecule has 1 saturated heterocycles. The van der Waals surface area contributed by atoms with Gasteiger partial charge in [0.15, 0.2) is 0 Å². The van der Waals surface area contributed by atoms with Crippen LogP contribution in [-0.4, -0.2) is 37.6 Å². The van der Waals surface area contributed by atoms with Crippen molar-refractivity contribution < 1.29 is 4.79 Å². The zero-order chi connectivity index (χ0) is 21.1. The predicted molar refractivity (Wildman–Crippen MR) is 113 cm³/mol. The van der Waals surface area contributed by atoms with Gasteiger partial charge in [0.1, 0.15) is 5.65 Å². The van der Waals surface area contributed by atoms with Crippen molar-refractivity contribution in [3.8, 4) is 0 Å². The fourth-order valence-electron chi connectivity index (χ4n) is 4.16. The lowest BCUT2D eigenvalue weighted by atomic mass is 10.1. The van der Waals surface area contributed by atoms with E-state index in [1.165, 1.54) is 19.8 Å². The summed E-state index contributed by atoms with van der Waals surface area (Å²) < 4.78 is 3.94. The molecule has 1 fully saturated rings. The van der Waals surface area contributed by atoms with Crippen LogP contribution in [0.3, 0.4) is 0 Å². The molecule has 0 atom stereocenters. The molecule has 3 heterocycles. The molecule has 1 amide bonds. The number of fused-ring (bicyclic) bond motifs is 1. The van der Waals surface area contributed by atoms with E-state index in [1.54, 1.807) is 11.9 Å². The number of carbonyl (C=O) groups is 1. The van der Waals surface area contributed by atoms with E-state index in [2.05, 4.69) is 0 Å². The van der Waals surface area contributed by atoms with Crippen LogP contribution in [0.25, 0.3) is 11.0 Å².